The molecule has 0 saturated carbocycles. The molecule has 5 heteroatoms. The molecule has 0 bridgehead atoms. The zero-order valence-corrected chi connectivity index (χ0v) is 16.9. The first-order valence-electron chi connectivity index (χ1n) is 9.84. The Kier molecular flexibility index (Phi) is 4.91. The Morgan fingerprint density at radius 1 is 1.07 bits per heavy atom. The van der Waals surface area contributed by atoms with Gasteiger partial charge in [-0.2, -0.15) is 0 Å². The fraction of sp³-hybridized carbons (Fsp3) is 0.333. The van der Waals surface area contributed by atoms with E-state index in [9.17, 15) is 9.59 Å². The van der Waals surface area contributed by atoms with Crippen molar-refractivity contribution in [3.63, 3.8) is 0 Å². The molecule has 1 aliphatic carbocycles. The first-order chi connectivity index (χ1) is 13.8. The minimum atomic E-state index is -0.517. The molecule has 0 N–H and O–H groups in total. The lowest BCUT2D eigenvalue weighted by Gasteiger charge is -2.22. The van der Waals surface area contributed by atoms with E-state index in [-0.39, 0.29) is 17.6 Å². The zero-order valence-electron chi connectivity index (χ0n) is 16.9. The lowest BCUT2D eigenvalue weighted by atomic mass is 9.86. The van der Waals surface area contributed by atoms with Gasteiger partial charge in [0.25, 0.3) is 0 Å². The Morgan fingerprint density at radius 3 is 2.62 bits per heavy atom. The predicted octanol–water partition coefficient (Wildman–Crippen LogP) is 4.56. The van der Waals surface area contributed by atoms with Gasteiger partial charge in [0.2, 0.25) is 0 Å². The Morgan fingerprint density at radius 2 is 1.83 bits per heavy atom. The quantitative estimate of drug-likeness (QED) is 0.370. The molecule has 150 valence electrons. The van der Waals surface area contributed by atoms with Gasteiger partial charge >= 0.3 is 11.6 Å². The van der Waals surface area contributed by atoms with Gasteiger partial charge in [-0.25, -0.2) is 9.59 Å². The highest BCUT2D eigenvalue weighted by Crippen LogP contribution is 2.31. The molecule has 2 aromatic carbocycles. The van der Waals surface area contributed by atoms with Crippen LogP contribution in [0.4, 0.5) is 0 Å². The van der Waals surface area contributed by atoms with Gasteiger partial charge < -0.3 is 13.9 Å². The van der Waals surface area contributed by atoms with Crippen LogP contribution in [0.25, 0.3) is 11.0 Å². The molecule has 1 aromatic heterocycles. The van der Waals surface area contributed by atoms with E-state index in [4.69, 9.17) is 13.9 Å². The molecule has 3 aromatic rings. The Bertz CT molecular complexity index is 1130. The molecule has 4 rings (SSSR count). The molecule has 0 unspecified atom stereocenters. The summed E-state index contributed by atoms with van der Waals surface area (Å²) in [5.74, 6) is 0.477. The van der Waals surface area contributed by atoms with E-state index < -0.39 is 5.97 Å². The van der Waals surface area contributed by atoms with Crippen LogP contribution in [0, 0.1) is 0 Å². The maximum atomic E-state index is 12.3. The number of carbonyl (C=O) groups excluding carboxylic acids is 1. The Hall–Kier alpha value is -3.08. The van der Waals surface area contributed by atoms with Crippen molar-refractivity contribution in [2.24, 2.45) is 0 Å². The summed E-state index contributed by atoms with van der Waals surface area (Å²) in [7, 11) is 0. The van der Waals surface area contributed by atoms with Crippen LogP contribution >= 0.6 is 0 Å². The van der Waals surface area contributed by atoms with Crippen LogP contribution in [0.2, 0.25) is 0 Å². The number of hydrogen-bond donors (Lipinski definition) is 0. The number of aryl methyl sites for hydroxylation is 1. The van der Waals surface area contributed by atoms with Crippen molar-refractivity contribution in [2.75, 3.05) is 6.61 Å². The molecule has 1 aliphatic rings. The highest BCUT2D eigenvalue weighted by atomic mass is 16.6. The van der Waals surface area contributed by atoms with Crippen LogP contribution in [0.15, 0.2) is 51.7 Å². The van der Waals surface area contributed by atoms with Gasteiger partial charge in [0.15, 0.2) is 6.61 Å². The molecular formula is C24H24O5. The average molecular weight is 392 g/mol. The number of fused-ring (bicyclic) bond motifs is 3. The molecule has 0 atom stereocenters. The third kappa shape index (κ3) is 3.90. The fourth-order valence-electron chi connectivity index (χ4n) is 3.84. The van der Waals surface area contributed by atoms with E-state index in [0.29, 0.717) is 17.1 Å². The van der Waals surface area contributed by atoms with E-state index in [1.165, 1.54) is 0 Å². The van der Waals surface area contributed by atoms with Gasteiger partial charge in [0, 0.05) is 17.0 Å². The van der Waals surface area contributed by atoms with Crippen LogP contribution in [0.5, 0.6) is 11.5 Å². The standard InChI is InChI=1S/C24H24O5/c1-24(2,3)19-9-4-5-10-20(19)27-14-22(25)28-15-11-12-17-16-7-6-8-18(16)23(26)29-21(17)13-15/h4-5,9-13H,6-8,14H2,1-3H3. The van der Waals surface area contributed by atoms with Gasteiger partial charge in [-0.05, 0) is 54.0 Å². The van der Waals surface area contributed by atoms with Crippen molar-refractivity contribution in [3.05, 3.63) is 69.6 Å². The summed E-state index contributed by atoms with van der Waals surface area (Å²) in [5, 5.41) is 0.909. The van der Waals surface area contributed by atoms with Gasteiger partial charge in [0.05, 0.1) is 0 Å². The number of ether oxygens (including phenoxy) is 2. The lowest BCUT2D eigenvalue weighted by molar-refractivity contribution is -0.136. The van der Waals surface area contributed by atoms with E-state index in [0.717, 1.165) is 41.3 Å². The summed E-state index contributed by atoms with van der Waals surface area (Å²) < 4.78 is 16.6. The molecule has 5 nitrogen and oxygen atoms in total. The van der Waals surface area contributed by atoms with Gasteiger partial charge in [-0.3, -0.25) is 0 Å². The number of rotatable bonds is 4. The third-order valence-electron chi connectivity index (χ3n) is 5.22. The third-order valence-corrected chi connectivity index (χ3v) is 5.22. The smallest absolute Gasteiger partial charge is 0.349 e. The topological polar surface area (TPSA) is 65.7 Å². The monoisotopic (exact) mass is 392 g/mol. The highest BCUT2D eigenvalue weighted by Gasteiger charge is 2.21. The first kappa shape index (κ1) is 19.2. The van der Waals surface area contributed by atoms with Crippen molar-refractivity contribution in [1.82, 2.24) is 0 Å². The van der Waals surface area contributed by atoms with Gasteiger partial charge in [0.1, 0.15) is 17.1 Å². The summed E-state index contributed by atoms with van der Waals surface area (Å²) >= 11 is 0. The van der Waals surface area contributed by atoms with Crippen LogP contribution in [-0.4, -0.2) is 12.6 Å². The largest absolute Gasteiger partial charge is 0.482 e. The summed E-state index contributed by atoms with van der Waals surface area (Å²) in [6, 6.07) is 12.8. The summed E-state index contributed by atoms with van der Waals surface area (Å²) in [6.07, 6.45) is 2.60. The van der Waals surface area contributed by atoms with Crippen molar-refractivity contribution < 1.29 is 18.7 Å². The van der Waals surface area contributed by atoms with E-state index in [1.54, 1.807) is 12.1 Å². The van der Waals surface area contributed by atoms with Crippen molar-refractivity contribution in [2.45, 2.75) is 45.4 Å². The Balaban J connectivity index is 1.49. The first-order valence-corrected chi connectivity index (χ1v) is 9.84. The second-order valence-electron chi connectivity index (χ2n) is 8.37. The van der Waals surface area contributed by atoms with E-state index in [1.807, 2.05) is 30.3 Å². The summed E-state index contributed by atoms with van der Waals surface area (Å²) in [5.41, 5.74) is 2.89. The van der Waals surface area contributed by atoms with Gasteiger partial charge in [-0.15, -0.1) is 0 Å². The fourth-order valence-corrected chi connectivity index (χ4v) is 3.84. The molecule has 0 amide bonds. The van der Waals surface area contributed by atoms with E-state index >= 15 is 0 Å². The number of esters is 1. The normalized spacial score (nSPS) is 13.3. The predicted molar refractivity (Wildman–Crippen MR) is 111 cm³/mol. The number of para-hydroxylation sites is 1. The van der Waals surface area contributed by atoms with Crippen molar-refractivity contribution in [3.8, 4) is 11.5 Å². The zero-order chi connectivity index (χ0) is 20.6. The van der Waals surface area contributed by atoms with Crippen LogP contribution < -0.4 is 15.1 Å². The van der Waals surface area contributed by atoms with Crippen LogP contribution in [0.1, 0.15) is 43.9 Å². The number of hydrogen-bond acceptors (Lipinski definition) is 5. The van der Waals surface area contributed by atoms with Crippen molar-refractivity contribution >= 4 is 16.9 Å². The van der Waals surface area contributed by atoms with Gasteiger partial charge in [-0.1, -0.05) is 39.0 Å². The summed E-state index contributed by atoms with van der Waals surface area (Å²) in [6.45, 7) is 6.06. The van der Waals surface area contributed by atoms with Crippen LogP contribution in [0.3, 0.4) is 0 Å². The average Bonchev–Trinajstić information content (AvgIpc) is 3.16. The second kappa shape index (κ2) is 7.39. The molecule has 0 spiro atoms. The van der Waals surface area contributed by atoms with Crippen LogP contribution in [-0.2, 0) is 23.1 Å². The molecule has 0 fully saturated rings. The molecule has 0 saturated heterocycles. The van der Waals surface area contributed by atoms with E-state index in [2.05, 4.69) is 20.8 Å². The second-order valence-corrected chi connectivity index (χ2v) is 8.37. The highest BCUT2D eigenvalue weighted by molar-refractivity contribution is 5.84. The molecular weight excluding hydrogens is 368 g/mol. The molecule has 0 radical (unpaired) electrons. The van der Waals surface area contributed by atoms with Crippen molar-refractivity contribution in [1.29, 1.82) is 0 Å². The molecule has 1 heterocycles. The minimum absolute atomic E-state index is 0.101. The SMILES string of the molecule is CC(C)(C)c1ccccc1OCC(=O)Oc1ccc2c3c(c(=O)oc2c1)CCC3. The Labute approximate surface area is 169 Å². The molecule has 0 aliphatic heterocycles. The minimum Gasteiger partial charge on any atom is -0.482 e. The molecule has 29 heavy (non-hydrogen) atoms. The summed E-state index contributed by atoms with van der Waals surface area (Å²) in [4.78, 5) is 24.4. The lowest BCUT2D eigenvalue weighted by Crippen LogP contribution is -2.20. The maximum Gasteiger partial charge on any atom is 0.349 e. The number of carbonyl (C=O) groups is 1. The maximum absolute atomic E-state index is 12.3. The number of benzene rings is 2.